The number of hydrogen-bond acceptors (Lipinski definition) is 2. The summed E-state index contributed by atoms with van der Waals surface area (Å²) in [6.07, 6.45) is -4.68. The molecule has 19 heavy (non-hydrogen) atoms. The third-order valence-electron chi connectivity index (χ3n) is 3.21. The van der Waals surface area contributed by atoms with E-state index in [1.54, 1.807) is 0 Å². The maximum atomic E-state index is 12.9. The Hall–Kier alpha value is -1.56. The summed E-state index contributed by atoms with van der Waals surface area (Å²) in [7, 11) is 0. The Balaban J connectivity index is 2.42. The molecule has 1 fully saturated rings. The van der Waals surface area contributed by atoms with Gasteiger partial charge in [-0.15, -0.1) is 0 Å². The molecule has 0 bridgehead atoms. The van der Waals surface area contributed by atoms with E-state index in [1.807, 2.05) is 0 Å². The number of benzene rings is 1. The number of alkyl halides is 3. The fourth-order valence-electron chi connectivity index (χ4n) is 2.34. The van der Waals surface area contributed by atoms with E-state index in [1.165, 1.54) is 18.2 Å². The van der Waals surface area contributed by atoms with Crippen molar-refractivity contribution < 1.29 is 27.8 Å². The zero-order valence-corrected chi connectivity index (χ0v) is 9.98. The number of carbonyl (C=O) groups is 1. The predicted octanol–water partition coefficient (Wildman–Crippen LogP) is 3.26. The van der Waals surface area contributed by atoms with Gasteiger partial charge in [0.2, 0.25) is 0 Å². The van der Waals surface area contributed by atoms with E-state index in [4.69, 9.17) is 9.84 Å². The monoisotopic (exact) mass is 274 g/mol. The van der Waals surface area contributed by atoms with Gasteiger partial charge in [0.1, 0.15) is 0 Å². The number of halogens is 3. The molecule has 0 saturated carbocycles. The van der Waals surface area contributed by atoms with Crippen LogP contribution in [0, 0.1) is 5.92 Å². The SMILES string of the molecule is O=C(O)C1CCCOC1c1ccccc1C(F)(F)F. The third-order valence-corrected chi connectivity index (χ3v) is 3.21. The van der Waals surface area contributed by atoms with E-state index in [0.717, 1.165) is 6.07 Å². The molecule has 1 aliphatic heterocycles. The van der Waals surface area contributed by atoms with Gasteiger partial charge in [0, 0.05) is 6.61 Å². The highest BCUT2D eigenvalue weighted by molar-refractivity contribution is 5.71. The summed E-state index contributed by atoms with van der Waals surface area (Å²) in [6.45, 7) is 0.278. The number of carboxylic acid groups (broad SMARTS) is 1. The second kappa shape index (κ2) is 5.21. The largest absolute Gasteiger partial charge is 0.481 e. The first-order valence-electron chi connectivity index (χ1n) is 5.92. The third kappa shape index (κ3) is 2.89. The van der Waals surface area contributed by atoms with Crippen LogP contribution in [0.1, 0.15) is 30.1 Å². The molecule has 0 spiro atoms. The Morgan fingerprint density at radius 2 is 2.00 bits per heavy atom. The summed E-state index contributed by atoms with van der Waals surface area (Å²) in [5, 5.41) is 9.10. The minimum Gasteiger partial charge on any atom is -0.481 e. The lowest BCUT2D eigenvalue weighted by atomic mass is 9.87. The van der Waals surface area contributed by atoms with Gasteiger partial charge in [-0.3, -0.25) is 4.79 Å². The number of hydrogen-bond donors (Lipinski definition) is 1. The molecular weight excluding hydrogens is 261 g/mol. The van der Waals surface area contributed by atoms with Crippen LogP contribution in [-0.4, -0.2) is 17.7 Å². The van der Waals surface area contributed by atoms with Gasteiger partial charge >= 0.3 is 12.1 Å². The lowest BCUT2D eigenvalue weighted by molar-refractivity contribution is -0.155. The molecule has 1 saturated heterocycles. The maximum absolute atomic E-state index is 12.9. The van der Waals surface area contributed by atoms with Crippen molar-refractivity contribution in [1.29, 1.82) is 0 Å². The van der Waals surface area contributed by atoms with Gasteiger partial charge in [0.25, 0.3) is 0 Å². The van der Waals surface area contributed by atoms with Crippen molar-refractivity contribution in [2.75, 3.05) is 6.61 Å². The Morgan fingerprint density at radius 3 is 2.63 bits per heavy atom. The molecule has 2 atom stereocenters. The Kier molecular flexibility index (Phi) is 3.80. The fraction of sp³-hybridized carbons (Fsp3) is 0.462. The molecule has 0 amide bonds. The maximum Gasteiger partial charge on any atom is 0.416 e. The first kappa shape index (κ1) is 13.9. The lowest BCUT2D eigenvalue weighted by Crippen LogP contribution is -2.30. The summed E-state index contributed by atoms with van der Waals surface area (Å²) in [4.78, 5) is 11.1. The van der Waals surface area contributed by atoms with Crippen LogP contribution in [0.25, 0.3) is 0 Å². The van der Waals surface area contributed by atoms with Gasteiger partial charge < -0.3 is 9.84 Å². The molecule has 6 heteroatoms. The Bertz CT molecular complexity index is 470. The van der Waals surface area contributed by atoms with E-state index in [-0.39, 0.29) is 12.2 Å². The van der Waals surface area contributed by atoms with Crippen molar-refractivity contribution in [1.82, 2.24) is 0 Å². The smallest absolute Gasteiger partial charge is 0.416 e. The number of carboxylic acids is 1. The van der Waals surface area contributed by atoms with Crippen LogP contribution in [0.4, 0.5) is 13.2 Å². The van der Waals surface area contributed by atoms with Crippen molar-refractivity contribution in [3.05, 3.63) is 35.4 Å². The molecular formula is C13H13F3O3. The molecule has 2 unspecified atom stereocenters. The highest BCUT2D eigenvalue weighted by atomic mass is 19.4. The minimum atomic E-state index is -4.51. The predicted molar refractivity (Wildman–Crippen MR) is 60.5 cm³/mol. The molecule has 1 aromatic rings. The van der Waals surface area contributed by atoms with Gasteiger partial charge in [-0.05, 0) is 24.5 Å². The van der Waals surface area contributed by atoms with Crippen LogP contribution in [0.5, 0.6) is 0 Å². The van der Waals surface area contributed by atoms with Crippen LogP contribution in [0.3, 0.4) is 0 Å². The highest BCUT2D eigenvalue weighted by Crippen LogP contribution is 2.40. The number of aliphatic carboxylic acids is 1. The molecule has 1 heterocycles. The second-order valence-electron chi connectivity index (χ2n) is 4.46. The zero-order valence-electron chi connectivity index (χ0n) is 9.98. The van der Waals surface area contributed by atoms with Crippen LogP contribution >= 0.6 is 0 Å². The van der Waals surface area contributed by atoms with E-state index in [9.17, 15) is 18.0 Å². The normalized spacial score (nSPS) is 24.2. The Labute approximate surface area is 108 Å². The summed E-state index contributed by atoms with van der Waals surface area (Å²) < 4.78 is 44.1. The minimum absolute atomic E-state index is 0.0953. The van der Waals surface area contributed by atoms with E-state index < -0.39 is 29.7 Å². The van der Waals surface area contributed by atoms with E-state index in [0.29, 0.717) is 12.8 Å². The molecule has 1 aliphatic rings. The number of rotatable bonds is 2. The van der Waals surface area contributed by atoms with Crippen LogP contribution < -0.4 is 0 Å². The summed E-state index contributed by atoms with van der Waals surface area (Å²) in [6, 6.07) is 4.98. The van der Waals surface area contributed by atoms with Crippen LogP contribution in [0.15, 0.2) is 24.3 Å². The zero-order chi connectivity index (χ0) is 14.0. The van der Waals surface area contributed by atoms with Crippen molar-refractivity contribution >= 4 is 5.97 Å². The lowest BCUT2D eigenvalue weighted by Gasteiger charge is -2.30. The second-order valence-corrected chi connectivity index (χ2v) is 4.46. The average Bonchev–Trinajstić information content (AvgIpc) is 2.37. The van der Waals surface area contributed by atoms with Gasteiger partial charge in [-0.1, -0.05) is 18.2 Å². The standard InChI is InChI=1S/C13H13F3O3/c14-13(15,16)10-6-2-1-4-8(10)11-9(12(17)18)5-3-7-19-11/h1-2,4,6,9,11H,3,5,7H2,(H,17,18). The first-order chi connectivity index (χ1) is 8.91. The van der Waals surface area contributed by atoms with Crippen molar-refractivity contribution in [3.8, 4) is 0 Å². The molecule has 0 aromatic heterocycles. The first-order valence-corrected chi connectivity index (χ1v) is 5.92. The van der Waals surface area contributed by atoms with Crippen molar-refractivity contribution in [2.24, 2.45) is 5.92 Å². The number of ether oxygens (including phenoxy) is 1. The van der Waals surface area contributed by atoms with Gasteiger partial charge in [-0.2, -0.15) is 13.2 Å². The topological polar surface area (TPSA) is 46.5 Å². The van der Waals surface area contributed by atoms with Gasteiger partial charge in [-0.25, -0.2) is 0 Å². The Morgan fingerprint density at radius 1 is 1.32 bits per heavy atom. The molecule has 1 aromatic carbocycles. The molecule has 1 N–H and O–H groups in total. The molecule has 3 nitrogen and oxygen atoms in total. The van der Waals surface area contributed by atoms with Crippen molar-refractivity contribution in [3.63, 3.8) is 0 Å². The summed E-state index contributed by atoms with van der Waals surface area (Å²) in [5.74, 6) is -2.06. The fourth-order valence-corrected chi connectivity index (χ4v) is 2.34. The quantitative estimate of drug-likeness (QED) is 0.900. The van der Waals surface area contributed by atoms with E-state index >= 15 is 0 Å². The molecule has 0 radical (unpaired) electrons. The summed E-state index contributed by atoms with van der Waals surface area (Å²) in [5.41, 5.74) is -0.921. The average molecular weight is 274 g/mol. The van der Waals surface area contributed by atoms with Gasteiger partial charge in [0.15, 0.2) is 0 Å². The van der Waals surface area contributed by atoms with Crippen molar-refractivity contribution in [2.45, 2.75) is 25.1 Å². The summed E-state index contributed by atoms with van der Waals surface area (Å²) >= 11 is 0. The van der Waals surface area contributed by atoms with Gasteiger partial charge in [0.05, 0.1) is 17.6 Å². The van der Waals surface area contributed by atoms with Crippen LogP contribution in [0.2, 0.25) is 0 Å². The molecule has 2 rings (SSSR count). The highest BCUT2D eigenvalue weighted by Gasteiger charge is 2.40. The van der Waals surface area contributed by atoms with Crippen LogP contribution in [-0.2, 0) is 15.7 Å². The molecule has 0 aliphatic carbocycles. The van der Waals surface area contributed by atoms with E-state index in [2.05, 4.69) is 0 Å². The molecule has 104 valence electrons.